The summed E-state index contributed by atoms with van der Waals surface area (Å²) in [7, 11) is -1.84. The summed E-state index contributed by atoms with van der Waals surface area (Å²) in [6, 6.07) is 0. The van der Waals surface area contributed by atoms with Crippen LogP contribution in [0.1, 0.15) is 6.92 Å². The van der Waals surface area contributed by atoms with Crippen molar-refractivity contribution in [2.75, 3.05) is 0 Å². The molecule has 0 fully saturated rings. The predicted octanol–water partition coefficient (Wildman–Crippen LogP) is -0.0953. The lowest BCUT2D eigenvalue weighted by Crippen LogP contribution is -2.22. The fourth-order valence-corrected chi connectivity index (χ4v) is 1.08. The SMILES string of the molecule is CCn1c(OB(O)O)cnc1Cl. The molecule has 0 spiro atoms. The Kier molecular flexibility index (Phi) is 2.96. The molecule has 0 amide bonds. The maximum absolute atomic E-state index is 8.48. The average molecular weight is 190 g/mol. The first-order valence-corrected chi connectivity index (χ1v) is 3.76. The van der Waals surface area contributed by atoms with Crippen molar-refractivity contribution < 1.29 is 14.7 Å². The second kappa shape index (κ2) is 3.80. The molecule has 1 aromatic heterocycles. The van der Waals surface area contributed by atoms with Crippen molar-refractivity contribution in [3.05, 3.63) is 11.5 Å². The van der Waals surface area contributed by atoms with Crippen LogP contribution in [0.25, 0.3) is 0 Å². The molecule has 0 bridgehead atoms. The van der Waals surface area contributed by atoms with Crippen LogP contribution >= 0.6 is 11.6 Å². The van der Waals surface area contributed by atoms with Gasteiger partial charge in [-0.1, -0.05) is 0 Å². The zero-order chi connectivity index (χ0) is 9.14. The fourth-order valence-electron chi connectivity index (χ4n) is 0.827. The van der Waals surface area contributed by atoms with Crippen molar-refractivity contribution in [1.29, 1.82) is 0 Å². The van der Waals surface area contributed by atoms with E-state index in [1.807, 2.05) is 6.92 Å². The quantitative estimate of drug-likeness (QED) is 0.654. The molecule has 1 aromatic rings. The highest BCUT2D eigenvalue weighted by atomic mass is 35.5. The van der Waals surface area contributed by atoms with Crippen LogP contribution in [-0.4, -0.2) is 26.9 Å². The number of hydrogen-bond acceptors (Lipinski definition) is 4. The maximum Gasteiger partial charge on any atom is 0.708 e. The largest absolute Gasteiger partial charge is 0.708 e. The van der Waals surface area contributed by atoms with Gasteiger partial charge in [0.1, 0.15) is 0 Å². The van der Waals surface area contributed by atoms with E-state index in [2.05, 4.69) is 9.64 Å². The average Bonchev–Trinajstić information content (AvgIpc) is 2.30. The standard InChI is InChI=1S/C5H8BClN2O3/c1-2-9-4(12-6(10)11)3-8-5(9)7/h3,10-11H,2H2,1H3. The van der Waals surface area contributed by atoms with E-state index in [0.29, 0.717) is 6.54 Å². The van der Waals surface area contributed by atoms with Crippen LogP contribution in [0.5, 0.6) is 5.88 Å². The summed E-state index contributed by atoms with van der Waals surface area (Å²) in [6.07, 6.45) is 1.32. The zero-order valence-corrected chi connectivity index (χ0v) is 7.19. The molecule has 0 aliphatic rings. The summed E-state index contributed by atoms with van der Waals surface area (Å²) in [4.78, 5) is 3.72. The second-order valence-corrected chi connectivity index (χ2v) is 2.39. The second-order valence-electron chi connectivity index (χ2n) is 2.05. The molecule has 1 heterocycles. The van der Waals surface area contributed by atoms with Gasteiger partial charge < -0.3 is 14.7 Å². The van der Waals surface area contributed by atoms with Crippen LogP contribution < -0.4 is 4.65 Å². The summed E-state index contributed by atoms with van der Waals surface area (Å²) in [5, 5.41) is 17.2. The highest BCUT2D eigenvalue weighted by Gasteiger charge is 2.15. The Morgan fingerprint density at radius 2 is 2.42 bits per heavy atom. The van der Waals surface area contributed by atoms with Gasteiger partial charge in [-0.2, -0.15) is 0 Å². The molecule has 0 atom stereocenters. The van der Waals surface area contributed by atoms with Crippen LogP contribution in [0, 0.1) is 0 Å². The van der Waals surface area contributed by atoms with Gasteiger partial charge in [0, 0.05) is 6.54 Å². The van der Waals surface area contributed by atoms with Crippen molar-refractivity contribution >= 4 is 18.9 Å². The summed E-state index contributed by atoms with van der Waals surface area (Å²) in [6.45, 7) is 2.39. The molecule has 1 rings (SSSR count). The van der Waals surface area contributed by atoms with Gasteiger partial charge in [0.25, 0.3) is 0 Å². The van der Waals surface area contributed by atoms with Gasteiger partial charge in [0.05, 0.1) is 6.20 Å². The van der Waals surface area contributed by atoms with Crippen molar-refractivity contribution in [1.82, 2.24) is 9.55 Å². The van der Waals surface area contributed by atoms with E-state index in [9.17, 15) is 0 Å². The molecule has 0 saturated carbocycles. The monoisotopic (exact) mass is 190 g/mol. The molecule has 0 saturated heterocycles. The van der Waals surface area contributed by atoms with E-state index in [0.717, 1.165) is 0 Å². The Morgan fingerprint density at radius 3 is 2.92 bits per heavy atom. The number of nitrogens with zero attached hydrogens (tertiary/aromatic N) is 2. The molecule has 7 heteroatoms. The van der Waals surface area contributed by atoms with Gasteiger partial charge in [-0.15, -0.1) is 0 Å². The lowest BCUT2D eigenvalue weighted by Gasteiger charge is -2.06. The van der Waals surface area contributed by atoms with Crippen molar-refractivity contribution in [2.24, 2.45) is 0 Å². The van der Waals surface area contributed by atoms with E-state index in [4.69, 9.17) is 21.6 Å². The van der Waals surface area contributed by atoms with E-state index in [1.54, 1.807) is 0 Å². The van der Waals surface area contributed by atoms with Crippen molar-refractivity contribution in [2.45, 2.75) is 13.5 Å². The first-order chi connectivity index (χ1) is 5.65. The van der Waals surface area contributed by atoms with Gasteiger partial charge in [-0.25, -0.2) is 4.98 Å². The van der Waals surface area contributed by atoms with E-state index >= 15 is 0 Å². The smallest absolute Gasteiger partial charge is 0.498 e. The minimum atomic E-state index is -1.84. The van der Waals surface area contributed by atoms with Crippen LogP contribution in [0.3, 0.4) is 0 Å². The third-order valence-electron chi connectivity index (χ3n) is 1.31. The molecule has 0 aromatic carbocycles. The Balaban J connectivity index is 2.84. The third kappa shape index (κ3) is 1.91. The van der Waals surface area contributed by atoms with Gasteiger partial charge in [0.2, 0.25) is 5.28 Å². The summed E-state index contributed by atoms with van der Waals surface area (Å²) in [5.74, 6) is 0.234. The molecule has 0 aliphatic carbocycles. The lowest BCUT2D eigenvalue weighted by atomic mass is 10.3. The van der Waals surface area contributed by atoms with Gasteiger partial charge in [0.15, 0.2) is 5.88 Å². The van der Waals surface area contributed by atoms with Gasteiger partial charge in [-0.05, 0) is 18.5 Å². The minimum Gasteiger partial charge on any atom is -0.498 e. The summed E-state index contributed by atoms with van der Waals surface area (Å²) in [5.41, 5.74) is 0. The first-order valence-electron chi connectivity index (χ1n) is 3.39. The molecule has 5 nitrogen and oxygen atoms in total. The van der Waals surface area contributed by atoms with Crippen molar-refractivity contribution in [3.63, 3.8) is 0 Å². The molecular formula is C5H8BClN2O3. The topological polar surface area (TPSA) is 67.5 Å². The highest BCUT2D eigenvalue weighted by molar-refractivity contribution is 6.33. The molecular weight excluding hydrogens is 182 g/mol. The Bertz CT molecular complexity index is 265. The molecule has 0 aliphatic heterocycles. The summed E-state index contributed by atoms with van der Waals surface area (Å²) < 4.78 is 6.09. The lowest BCUT2D eigenvalue weighted by molar-refractivity contribution is 0.277. The van der Waals surface area contributed by atoms with Crippen LogP contribution in [0.4, 0.5) is 0 Å². The van der Waals surface area contributed by atoms with Crippen molar-refractivity contribution in [3.8, 4) is 5.88 Å². The maximum atomic E-state index is 8.48. The van der Waals surface area contributed by atoms with E-state index in [1.165, 1.54) is 10.8 Å². The summed E-state index contributed by atoms with van der Waals surface area (Å²) >= 11 is 5.64. The fraction of sp³-hybridized carbons (Fsp3) is 0.400. The Hall–Kier alpha value is -0.715. The van der Waals surface area contributed by atoms with Gasteiger partial charge in [-0.3, -0.25) is 4.57 Å². The first kappa shape index (κ1) is 9.37. The number of rotatable bonds is 3. The Labute approximate surface area is 74.7 Å². The number of hydrogen-bond donors (Lipinski definition) is 2. The van der Waals surface area contributed by atoms with Crippen LogP contribution in [0.15, 0.2) is 6.20 Å². The molecule has 0 unspecified atom stereocenters. The number of aromatic nitrogens is 2. The normalized spacial score (nSPS) is 10.0. The third-order valence-corrected chi connectivity index (χ3v) is 1.61. The highest BCUT2D eigenvalue weighted by Crippen LogP contribution is 2.17. The molecule has 2 N–H and O–H groups in total. The zero-order valence-electron chi connectivity index (χ0n) is 6.44. The van der Waals surface area contributed by atoms with Crippen LogP contribution in [-0.2, 0) is 6.54 Å². The van der Waals surface area contributed by atoms with E-state index < -0.39 is 7.32 Å². The number of imidazole rings is 1. The predicted molar refractivity (Wildman–Crippen MR) is 43.7 cm³/mol. The van der Waals surface area contributed by atoms with E-state index in [-0.39, 0.29) is 11.2 Å². The molecule has 0 radical (unpaired) electrons. The molecule has 66 valence electrons. The minimum absolute atomic E-state index is 0.234. The van der Waals surface area contributed by atoms with Crippen LogP contribution in [0.2, 0.25) is 5.28 Å². The number of halogens is 1. The van der Waals surface area contributed by atoms with Gasteiger partial charge >= 0.3 is 7.32 Å². The molecule has 12 heavy (non-hydrogen) atoms. The Morgan fingerprint density at radius 1 is 1.75 bits per heavy atom.